The molecule has 94 valence electrons. The van der Waals surface area contributed by atoms with E-state index >= 15 is 0 Å². The zero-order valence-electron chi connectivity index (χ0n) is 9.84. The van der Waals surface area contributed by atoms with Crippen molar-refractivity contribution in [3.63, 3.8) is 0 Å². The average molecular weight is 242 g/mol. The van der Waals surface area contributed by atoms with Crippen molar-refractivity contribution in [2.24, 2.45) is 0 Å². The largest absolute Gasteiger partial charge is 0.510 e. The minimum absolute atomic E-state index is 0.113. The number of carbonyl (C=O) groups excluding carboxylic acids is 1. The summed E-state index contributed by atoms with van der Waals surface area (Å²) < 4.78 is 10.8. The van der Waals surface area contributed by atoms with Crippen LogP contribution in [0.4, 0.5) is 4.79 Å². The number of aromatic carboxylic acids is 1. The second-order valence-corrected chi connectivity index (χ2v) is 4.28. The molecule has 0 amide bonds. The molecule has 0 atom stereocenters. The smallest absolute Gasteiger partial charge is 0.476 e. The van der Waals surface area contributed by atoms with Gasteiger partial charge in [0.1, 0.15) is 5.60 Å². The van der Waals surface area contributed by atoms with E-state index in [1.54, 1.807) is 20.8 Å². The van der Waals surface area contributed by atoms with Gasteiger partial charge in [-0.2, -0.15) is 5.10 Å². The minimum atomic E-state index is -1.14. The van der Waals surface area contributed by atoms with Crippen molar-refractivity contribution in [1.29, 1.82) is 0 Å². The molecule has 0 aliphatic rings. The van der Waals surface area contributed by atoms with Crippen LogP contribution in [-0.2, 0) is 16.2 Å². The summed E-state index contributed by atoms with van der Waals surface area (Å²) in [6.45, 7) is 4.95. The van der Waals surface area contributed by atoms with Crippen molar-refractivity contribution in [3.8, 4) is 0 Å². The van der Waals surface area contributed by atoms with Crippen LogP contribution in [0, 0.1) is 0 Å². The van der Waals surface area contributed by atoms with Crippen molar-refractivity contribution in [3.05, 3.63) is 18.0 Å². The Kier molecular flexibility index (Phi) is 3.72. The highest BCUT2D eigenvalue weighted by molar-refractivity contribution is 5.85. The van der Waals surface area contributed by atoms with E-state index in [0.29, 0.717) is 0 Å². The Morgan fingerprint density at radius 2 is 2.12 bits per heavy atom. The Bertz CT molecular complexity index is 419. The normalized spacial score (nSPS) is 11.0. The number of hydrogen-bond donors (Lipinski definition) is 1. The maximum atomic E-state index is 11.2. The van der Waals surface area contributed by atoms with E-state index in [2.05, 4.69) is 5.10 Å². The highest BCUT2D eigenvalue weighted by Gasteiger charge is 2.17. The molecule has 0 saturated carbocycles. The Balaban J connectivity index is 2.45. The first-order chi connectivity index (χ1) is 7.78. The zero-order valence-corrected chi connectivity index (χ0v) is 9.84. The molecule has 0 radical (unpaired) electrons. The first kappa shape index (κ1) is 13.0. The summed E-state index contributed by atoms with van der Waals surface area (Å²) in [6, 6.07) is 1.31. The third kappa shape index (κ3) is 4.54. The lowest BCUT2D eigenvalue weighted by atomic mass is 10.2. The highest BCUT2D eigenvalue weighted by atomic mass is 16.7. The van der Waals surface area contributed by atoms with E-state index in [-0.39, 0.29) is 12.4 Å². The molecule has 0 aliphatic carbocycles. The molecule has 0 aromatic carbocycles. The van der Waals surface area contributed by atoms with E-state index in [0.717, 1.165) is 0 Å². The van der Waals surface area contributed by atoms with E-state index in [1.165, 1.54) is 16.9 Å². The van der Waals surface area contributed by atoms with Gasteiger partial charge in [-0.05, 0) is 26.8 Å². The topological polar surface area (TPSA) is 90.7 Å². The van der Waals surface area contributed by atoms with Crippen molar-refractivity contribution in [2.45, 2.75) is 33.1 Å². The van der Waals surface area contributed by atoms with Crippen molar-refractivity contribution in [2.75, 3.05) is 0 Å². The maximum Gasteiger partial charge on any atom is 0.510 e. The fraction of sp³-hybridized carbons (Fsp3) is 0.500. The molecular weight excluding hydrogens is 228 g/mol. The second-order valence-electron chi connectivity index (χ2n) is 4.28. The molecule has 17 heavy (non-hydrogen) atoms. The lowest BCUT2D eigenvalue weighted by molar-refractivity contribution is -0.0222. The standard InChI is InChI=1S/C10H14N2O5/c1-10(2,3)17-9(15)16-6-12-5-4-7(11-12)8(13)14/h4-5H,6H2,1-3H3,(H,13,14). The SMILES string of the molecule is CC(C)(C)OC(=O)OCn1ccc(C(=O)O)n1. The number of hydrogen-bond acceptors (Lipinski definition) is 5. The molecule has 1 aromatic heterocycles. The van der Waals surface area contributed by atoms with Crippen LogP contribution in [0.5, 0.6) is 0 Å². The van der Waals surface area contributed by atoms with Gasteiger partial charge in [0.2, 0.25) is 0 Å². The summed E-state index contributed by atoms with van der Waals surface area (Å²) in [5.41, 5.74) is -0.745. The molecule has 1 rings (SSSR count). The Hall–Kier alpha value is -2.05. The van der Waals surface area contributed by atoms with E-state index in [1.807, 2.05) is 0 Å². The van der Waals surface area contributed by atoms with Gasteiger partial charge in [0, 0.05) is 6.20 Å². The van der Waals surface area contributed by atoms with Crippen molar-refractivity contribution >= 4 is 12.1 Å². The molecule has 1 N–H and O–H groups in total. The first-order valence-corrected chi connectivity index (χ1v) is 4.90. The average Bonchev–Trinajstić information content (AvgIpc) is 2.60. The summed E-state index contributed by atoms with van der Waals surface area (Å²) in [5, 5.41) is 12.3. The predicted octanol–water partition coefficient (Wildman–Crippen LogP) is 1.49. The number of rotatable bonds is 3. The molecule has 0 spiro atoms. The summed E-state index contributed by atoms with van der Waals surface area (Å²) >= 11 is 0. The quantitative estimate of drug-likeness (QED) is 0.807. The molecule has 0 aliphatic heterocycles. The van der Waals surface area contributed by atoms with Crippen molar-refractivity contribution in [1.82, 2.24) is 9.78 Å². The summed E-state index contributed by atoms with van der Waals surface area (Å²) in [7, 11) is 0. The first-order valence-electron chi connectivity index (χ1n) is 4.90. The molecule has 0 fully saturated rings. The monoisotopic (exact) mass is 242 g/mol. The number of nitrogens with zero attached hydrogens (tertiary/aromatic N) is 2. The van der Waals surface area contributed by atoms with Gasteiger partial charge >= 0.3 is 12.1 Å². The molecule has 7 nitrogen and oxygen atoms in total. The van der Waals surface area contributed by atoms with Crippen LogP contribution in [0.3, 0.4) is 0 Å². The number of carbonyl (C=O) groups is 2. The van der Waals surface area contributed by atoms with Crippen LogP contribution >= 0.6 is 0 Å². The fourth-order valence-corrected chi connectivity index (χ4v) is 0.946. The van der Waals surface area contributed by atoms with Gasteiger partial charge in [-0.15, -0.1) is 0 Å². The molecule has 1 heterocycles. The van der Waals surface area contributed by atoms with E-state index in [4.69, 9.17) is 14.6 Å². The lowest BCUT2D eigenvalue weighted by Gasteiger charge is -2.18. The van der Waals surface area contributed by atoms with Gasteiger partial charge in [0.25, 0.3) is 0 Å². The van der Waals surface area contributed by atoms with Crippen molar-refractivity contribution < 1.29 is 24.2 Å². The molecular formula is C10H14N2O5. The molecule has 0 saturated heterocycles. The Morgan fingerprint density at radius 3 is 2.59 bits per heavy atom. The van der Waals surface area contributed by atoms with Gasteiger partial charge in [-0.3, -0.25) is 0 Å². The summed E-state index contributed by atoms with van der Waals surface area (Å²) in [5.74, 6) is -1.14. The Labute approximate surface area is 97.9 Å². The van der Waals surface area contributed by atoms with Gasteiger partial charge in [0.15, 0.2) is 12.4 Å². The van der Waals surface area contributed by atoms with E-state index < -0.39 is 17.7 Å². The Morgan fingerprint density at radius 1 is 1.47 bits per heavy atom. The van der Waals surface area contributed by atoms with Gasteiger partial charge in [-0.25, -0.2) is 14.3 Å². The van der Waals surface area contributed by atoms with Crippen LogP contribution in [-0.4, -0.2) is 32.6 Å². The maximum absolute atomic E-state index is 11.2. The minimum Gasteiger partial charge on any atom is -0.476 e. The van der Waals surface area contributed by atoms with Gasteiger partial charge in [-0.1, -0.05) is 0 Å². The zero-order chi connectivity index (χ0) is 13.1. The van der Waals surface area contributed by atoms with Crippen LogP contribution in [0.25, 0.3) is 0 Å². The van der Waals surface area contributed by atoms with Crippen LogP contribution in [0.2, 0.25) is 0 Å². The predicted molar refractivity (Wildman–Crippen MR) is 56.5 cm³/mol. The van der Waals surface area contributed by atoms with Gasteiger partial charge < -0.3 is 14.6 Å². The second kappa shape index (κ2) is 4.86. The number of ether oxygens (including phenoxy) is 2. The lowest BCUT2D eigenvalue weighted by Crippen LogP contribution is -2.25. The summed E-state index contributed by atoms with van der Waals surface area (Å²) in [6.07, 6.45) is 0.568. The third-order valence-electron chi connectivity index (χ3n) is 1.56. The summed E-state index contributed by atoms with van der Waals surface area (Å²) in [4.78, 5) is 21.7. The van der Waals surface area contributed by atoms with Crippen LogP contribution in [0.1, 0.15) is 31.3 Å². The number of carboxylic acids is 1. The van der Waals surface area contributed by atoms with Crippen LogP contribution < -0.4 is 0 Å². The van der Waals surface area contributed by atoms with E-state index in [9.17, 15) is 9.59 Å². The van der Waals surface area contributed by atoms with Crippen LogP contribution in [0.15, 0.2) is 12.3 Å². The molecule has 0 unspecified atom stereocenters. The number of aromatic nitrogens is 2. The molecule has 0 bridgehead atoms. The highest BCUT2D eigenvalue weighted by Crippen LogP contribution is 2.08. The molecule has 7 heteroatoms. The van der Waals surface area contributed by atoms with Gasteiger partial charge in [0.05, 0.1) is 0 Å². The fourth-order valence-electron chi connectivity index (χ4n) is 0.946. The third-order valence-corrected chi connectivity index (χ3v) is 1.56. The molecule has 1 aromatic rings. The number of carboxylic acid groups (broad SMARTS) is 1.